The quantitative estimate of drug-likeness (QED) is 0.708. The van der Waals surface area contributed by atoms with Crippen LogP contribution in [0.1, 0.15) is 67.7 Å². The van der Waals surface area contributed by atoms with Gasteiger partial charge in [0.05, 0.1) is 29.6 Å². The van der Waals surface area contributed by atoms with Crippen LogP contribution in [0.15, 0.2) is 47.7 Å². The molecule has 174 valence electrons. The average Bonchev–Trinajstić information content (AvgIpc) is 3.41. The summed E-state index contributed by atoms with van der Waals surface area (Å²) < 4.78 is 7.33. The van der Waals surface area contributed by atoms with Gasteiger partial charge in [0.2, 0.25) is 5.91 Å². The molecule has 8 nitrogen and oxygen atoms in total. The molecule has 2 aromatic rings. The standard InChI is InChI=1S/C25H31N5O3/c1-25(2,3)30-11-10-16(15-30)24(32)26-14-23(31)29-22-9-8-21(28-22)20-7-5-6-19(27-20)17-12-18(13-17)33-4/h5-8,10-11,15,17-18H,9,12-14H2,1-4H3,(H,26,32)(H,28,29,31)/t17-,18+. The van der Waals surface area contributed by atoms with E-state index in [1.165, 1.54) is 0 Å². The number of hydrogen-bond donors (Lipinski definition) is 2. The molecule has 0 unspecified atom stereocenters. The summed E-state index contributed by atoms with van der Waals surface area (Å²) >= 11 is 0. The van der Waals surface area contributed by atoms with Crippen molar-refractivity contribution in [2.45, 2.75) is 57.6 Å². The lowest BCUT2D eigenvalue weighted by atomic mass is 9.80. The molecule has 8 heteroatoms. The van der Waals surface area contributed by atoms with Gasteiger partial charge >= 0.3 is 0 Å². The molecule has 0 atom stereocenters. The van der Waals surface area contributed by atoms with Gasteiger partial charge in [-0.05, 0) is 57.9 Å². The first-order valence-corrected chi connectivity index (χ1v) is 11.3. The fraction of sp³-hybridized carbons (Fsp3) is 0.440. The lowest BCUT2D eigenvalue weighted by molar-refractivity contribution is -0.118. The van der Waals surface area contributed by atoms with Gasteiger partial charge in [0, 0.05) is 43.1 Å². The molecule has 0 radical (unpaired) electrons. The molecule has 1 fully saturated rings. The van der Waals surface area contributed by atoms with E-state index in [9.17, 15) is 9.59 Å². The Morgan fingerprint density at radius 3 is 2.70 bits per heavy atom. The smallest absolute Gasteiger partial charge is 0.253 e. The van der Waals surface area contributed by atoms with Crippen molar-refractivity contribution in [3.63, 3.8) is 0 Å². The highest BCUT2D eigenvalue weighted by molar-refractivity contribution is 6.05. The van der Waals surface area contributed by atoms with E-state index in [-0.39, 0.29) is 23.9 Å². The van der Waals surface area contributed by atoms with E-state index in [0.29, 0.717) is 29.8 Å². The fourth-order valence-electron chi connectivity index (χ4n) is 3.91. The Kier molecular flexibility index (Phi) is 6.47. The summed E-state index contributed by atoms with van der Waals surface area (Å²) in [6.45, 7) is 6.05. The fourth-order valence-corrected chi connectivity index (χ4v) is 3.91. The van der Waals surface area contributed by atoms with E-state index in [0.717, 1.165) is 29.9 Å². The number of methoxy groups -OCH3 is 1. The summed E-state index contributed by atoms with van der Waals surface area (Å²) in [4.78, 5) is 34.0. The van der Waals surface area contributed by atoms with Crippen LogP contribution >= 0.6 is 0 Å². The van der Waals surface area contributed by atoms with Crippen molar-refractivity contribution < 1.29 is 14.3 Å². The minimum absolute atomic E-state index is 0.111. The first kappa shape index (κ1) is 22.9. The Morgan fingerprint density at radius 1 is 1.21 bits per heavy atom. The Bertz CT molecular complexity index is 1100. The molecule has 0 aromatic carbocycles. The van der Waals surface area contributed by atoms with Gasteiger partial charge < -0.3 is 19.9 Å². The molecule has 2 N–H and O–H groups in total. The van der Waals surface area contributed by atoms with Gasteiger partial charge in [0.1, 0.15) is 5.84 Å². The van der Waals surface area contributed by atoms with E-state index >= 15 is 0 Å². The average molecular weight is 450 g/mol. The van der Waals surface area contributed by atoms with Crippen LogP contribution in [0.4, 0.5) is 0 Å². The van der Waals surface area contributed by atoms with Gasteiger partial charge in [-0.1, -0.05) is 6.07 Å². The third-order valence-electron chi connectivity index (χ3n) is 6.05. The van der Waals surface area contributed by atoms with E-state index < -0.39 is 0 Å². The molecule has 2 aliphatic rings. The number of aliphatic imine (C=N–C) groups is 1. The highest BCUT2D eigenvalue weighted by Crippen LogP contribution is 2.38. The van der Waals surface area contributed by atoms with Gasteiger partial charge in [0.15, 0.2) is 0 Å². The van der Waals surface area contributed by atoms with Crippen LogP contribution in [0.5, 0.6) is 0 Å². The maximum absolute atomic E-state index is 12.4. The third-order valence-corrected chi connectivity index (χ3v) is 6.05. The van der Waals surface area contributed by atoms with Gasteiger partial charge in [-0.15, -0.1) is 0 Å². The molecule has 0 bridgehead atoms. The third kappa shape index (κ3) is 5.39. The number of carbonyl (C=O) groups is 2. The molecule has 1 aliphatic heterocycles. The molecular formula is C25H31N5O3. The number of aromatic nitrogens is 2. The van der Waals surface area contributed by atoms with Crippen molar-refractivity contribution in [1.29, 1.82) is 0 Å². The molecule has 4 rings (SSSR count). The highest BCUT2D eigenvalue weighted by atomic mass is 16.5. The number of rotatable bonds is 6. The molecule has 2 aromatic heterocycles. The Morgan fingerprint density at radius 2 is 2.00 bits per heavy atom. The van der Waals surface area contributed by atoms with Crippen LogP contribution in [0.3, 0.4) is 0 Å². The maximum atomic E-state index is 12.4. The number of hydrogen-bond acceptors (Lipinski definition) is 5. The lowest BCUT2D eigenvalue weighted by Crippen LogP contribution is -2.39. The molecule has 2 amide bonds. The zero-order chi connectivity index (χ0) is 23.6. The molecule has 0 spiro atoms. The molecular weight excluding hydrogens is 418 g/mol. The molecule has 3 heterocycles. The predicted molar refractivity (Wildman–Crippen MR) is 127 cm³/mol. The van der Waals surface area contributed by atoms with Gasteiger partial charge in [-0.3, -0.25) is 14.6 Å². The van der Waals surface area contributed by atoms with Crippen LogP contribution in [0, 0.1) is 0 Å². The van der Waals surface area contributed by atoms with Crippen LogP contribution in [0.25, 0.3) is 5.70 Å². The zero-order valence-electron chi connectivity index (χ0n) is 19.6. The maximum Gasteiger partial charge on any atom is 0.253 e. The van der Waals surface area contributed by atoms with E-state index in [2.05, 4.69) is 36.4 Å². The number of nitrogens with one attached hydrogen (secondary N) is 2. The van der Waals surface area contributed by atoms with Crippen molar-refractivity contribution in [2.75, 3.05) is 13.7 Å². The van der Waals surface area contributed by atoms with Crippen molar-refractivity contribution in [3.05, 3.63) is 59.7 Å². The van der Waals surface area contributed by atoms with Crippen LogP contribution in [-0.4, -0.2) is 47.0 Å². The Hall–Kier alpha value is -3.26. The summed E-state index contributed by atoms with van der Waals surface area (Å²) in [6, 6.07) is 7.71. The number of amidine groups is 1. The van der Waals surface area contributed by atoms with E-state index in [4.69, 9.17) is 9.72 Å². The monoisotopic (exact) mass is 449 g/mol. The predicted octanol–water partition coefficient (Wildman–Crippen LogP) is 3.22. The van der Waals surface area contributed by atoms with E-state index in [1.807, 2.05) is 35.0 Å². The van der Waals surface area contributed by atoms with Crippen LogP contribution < -0.4 is 10.6 Å². The topological polar surface area (TPSA) is 97.6 Å². The summed E-state index contributed by atoms with van der Waals surface area (Å²) in [7, 11) is 1.74. The number of amides is 2. The number of ether oxygens (including phenoxy) is 1. The Labute approximate surface area is 194 Å². The van der Waals surface area contributed by atoms with Crippen molar-refractivity contribution in [1.82, 2.24) is 20.2 Å². The number of nitrogens with zero attached hydrogens (tertiary/aromatic N) is 3. The zero-order valence-corrected chi connectivity index (χ0v) is 19.6. The lowest BCUT2D eigenvalue weighted by Gasteiger charge is -2.33. The second-order valence-electron chi connectivity index (χ2n) is 9.53. The second kappa shape index (κ2) is 9.31. The number of pyridine rings is 1. The molecule has 1 saturated carbocycles. The van der Waals surface area contributed by atoms with Gasteiger partial charge in [0.25, 0.3) is 5.91 Å². The largest absolute Gasteiger partial charge is 0.381 e. The van der Waals surface area contributed by atoms with Gasteiger partial charge in [-0.2, -0.15) is 0 Å². The van der Waals surface area contributed by atoms with Crippen molar-refractivity contribution in [3.8, 4) is 0 Å². The van der Waals surface area contributed by atoms with E-state index in [1.54, 1.807) is 19.4 Å². The summed E-state index contributed by atoms with van der Waals surface area (Å²) in [5.74, 6) is 0.379. The minimum atomic E-state index is -0.311. The first-order chi connectivity index (χ1) is 15.7. The Balaban J connectivity index is 1.29. The minimum Gasteiger partial charge on any atom is -0.381 e. The van der Waals surface area contributed by atoms with Crippen LogP contribution in [-0.2, 0) is 15.1 Å². The van der Waals surface area contributed by atoms with Gasteiger partial charge in [-0.25, -0.2) is 4.99 Å². The highest BCUT2D eigenvalue weighted by Gasteiger charge is 2.31. The summed E-state index contributed by atoms with van der Waals surface area (Å²) in [5.41, 5.74) is 3.02. The van der Waals surface area contributed by atoms with Crippen molar-refractivity contribution in [2.24, 2.45) is 4.99 Å². The normalized spacial score (nSPS) is 20.0. The second-order valence-corrected chi connectivity index (χ2v) is 9.53. The first-order valence-electron chi connectivity index (χ1n) is 11.3. The molecule has 0 saturated heterocycles. The summed E-state index contributed by atoms with van der Waals surface area (Å²) in [6.07, 6.45) is 8.42. The van der Waals surface area contributed by atoms with Crippen LogP contribution in [0.2, 0.25) is 0 Å². The molecule has 1 aliphatic carbocycles. The summed E-state index contributed by atoms with van der Waals surface area (Å²) in [5, 5.41) is 5.45. The molecule has 33 heavy (non-hydrogen) atoms. The SMILES string of the molecule is CO[C@H]1C[C@@H](c2cccc(C3=CCC(NC(=O)CNC(=O)c4ccn(C(C)(C)C)c4)=N3)n2)C1. The van der Waals surface area contributed by atoms with Crippen molar-refractivity contribution >= 4 is 23.3 Å². The number of carbonyl (C=O) groups excluding carboxylic acids is 2.